The van der Waals surface area contributed by atoms with Crippen molar-refractivity contribution in [2.45, 2.75) is 18.6 Å². The quantitative estimate of drug-likeness (QED) is 0.327. The van der Waals surface area contributed by atoms with Gasteiger partial charge in [0, 0.05) is 20.6 Å². The molecule has 6 rings (SSSR count). The van der Waals surface area contributed by atoms with Crippen molar-refractivity contribution in [2.75, 3.05) is 4.90 Å². The molecule has 1 spiro atoms. The molecule has 174 valence electrons. The first kappa shape index (κ1) is 22.3. The van der Waals surface area contributed by atoms with Crippen molar-refractivity contribution in [1.82, 2.24) is 0 Å². The molecule has 2 aliphatic heterocycles. The molecule has 3 aromatic rings. The largest absolute Gasteiger partial charge is 0.349 e. The van der Waals surface area contributed by atoms with Crippen LogP contribution in [0.25, 0.3) is 0 Å². The summed E-state index contributed by atoms with van der Waals surface area (Å²) in [6, 6.07) is 18.3. The number of fused-ring (bicyclic) bond motifs is 3. The molecule has 3 aromatic carbocycles. The Kier molecular flexibility index (Phi) is 4.90. The first-order valence-electron chi connectivity index (χ1n) is 11.0. The molecule has 0 radical (unpaired) electrons. The van der Waals surface area contributed by atoms with Gasteiger partial charge in [-0.1, -0.05) is 63.9 Å². The zero-order chi connectivity index (χ0) is 24.6. The Morgan fingerprint density at radius 3 is 2.11 bits per heavy atom. The smallest absolute Gasteiger partial charge is 0.241 e. The van der Waals surface area contributed by atoms with Gasteiger partial charge in [0.1, 0.15) is 0 Å². The summed E-state index contributed by atoms with van der Waals surface area (Å²) in [5, 5.41) is 0.531. The van der Waals surface area contributed by atoms with Crippen molar-refractivity contribution in [2.24, 2.45) is 11.8 Å². The van der Waals surface area contributed by atoms with E-state index in [4.69, 9.17) is 16.3 Å². The number of aryl methyl sites for hydroxylation is 1. The van der Waals surface area contributed by atoms with Gasteiger partial charge in [-0.25, -0.2) is 4.90 Å². The van der Waals surface area contributed by atoms with E-state index in [-0.39, 0.29) is 11.1 Å². The van der Waals surface area contributed by atoms with Crippen molar-refractivity contribution in [1.29, 1.82) is 0 Å². The molecule has 6 nitrogen and oxygen atoms in total. The number of amides is 2. The molecule has 0 aromatic heterocycles. The number of Topliss-reactive ketones (excluding diaryl/α,β-unsaturated/α-hetero) is 2. The molecule has 0 N–H and O–H groups in total. The van der Waals surface area contributed by atoms with E-state index < -0.39 is 46.9 Å². The number of ketones is 2. The van der Waals surface area contributed by atoms with Crippen molar-refractivity contribution in [3.8, 4) is 0 Å². The van der Waals surface area contributed by atoms with Crippen LogP contribution in [0, 0.1) is 18.8 Å². The average Bonchev–Trinajstić information content (AvgIpc) is 3.42. The summed E-state index contributed by atoms with van der Waals surface area (Å²) in [6.07, 6.45) is -0.977. The maximum atomic E-state index is 13.9. The number of rotatable bonds is 2. The summed E-state index contributed by atoms with van der Waals surface area (Å²) in [5.41, 5.74) is 0.00390. The molecular weight excluding hydrogens is 534 g/mol. The summed E-state index contributed by atoms with van der Waals surface area (Å²) in [4.78, 5) is 56.3. The Morgan fingerprint density at radius 1 is 0.886 bits per heavy atom. The normalized spacial score (nSPS) is 24.4. The van der Waals surface area contributed by atoms with Crippen LogP contribution in [-0.2, 0) is 14.3 Å². The Hall–Kier alpha value is -3.13. The maximum absolute atomic E-state index is 13.9. The van der Waals surface area contributed by atoms with Crippen molar-refractivity contribution in [3.05, 3.63) is 98.5 Å². The van der Waals surface area contributed by atoms with Crippen LogP contribution in [0.15, 0.2) is 71.2 Å². The first-order valence-corrected chi connectivity index (χ1v) is 12.2. The summed E-state index contributed by atoms with van der Waals surface area (Å²) in [5.74, 6) is -4.63. The summed E-state index contributed by atoms with van der Waals surface area (Å²) in [7, 11) is 0. The second-order valence-corrected chi connectivity index (χ2v) is 10.3. The molecule has 0 saturated carbocycles. The molecule has 2 fully saturated rings. The predicted molar refractivity (Wildman–Crippen MR) is 131 cm³/mol. The molecule has 1 aliphatic carbocycles. The Balaban J connectivity index is 1.55. The van der Waals surface area contributed by atoms with Crippen LogP contribution in [0.2, 0.25) is 5.02 Å². The SMILES string of the molecule is Cc1cc([C@@H]2OC3(C(=O)c4ccccc4C3=O)[C@@H]3C(=O)N(c4ccc(Br)cc4)C(=O)[C@@H]32)ccc1Cl. The fourth-order valence-corrected chi connectivity index (χ4v) is 5.89. The number of anilines is 1. The molecule has 0 unspecified atom stereocenters. The highest BCUT2D eigenvalue weighted by Gasteiger charge is 2.74. The van der Waals surface area contributed by atoms with E-state index >= 15 is 0 Å². The number of hydrogen-bond donors (Lipinski definition) is 0. The first-order chi connectivity index (χ1) is 16.8. The third-order valence-electron chi connectivity index (χ3n) is 7.11. The van der Waals surface area contributed by atoms with Gasteiger partial charge >= 0.3 is 0 Å². The van der Waals surface area contributed by atoms with E-state index in [1.54, 1.807) is 66.7 Å². The number of nitrogens with zero attached hydrogens (tertiary/aromatic N) is 1. The Morgan fingerprint density at radius 2 is 1.51 bits per heavy atom. The van der Waals surface area contributed by atoms with E-state index in [0.717, 1.165) is 14.9 Å². The van der Waals surface area contributed by atoms with Gasteiger partial charge in [-0.3, -0.25) is 19.2 Å². The molecule has 3 atom stereocenters. The number of benzene rings is 3. The molecular formula is C27H17BrClNO5. The second-order valence-electron chi connectivity index (χ2n) is 8.98. The lowest BCUT2D eigenvalue weighted by Gasteiger charge is -2.27. The lowest BCUT2D eigenvalue weighted by Crippen LogP contribution is -2.51. The fraction of sp³-hybridized carbons (Fsp3) is 0.185. The highest BCUT2D eigenvalue weighted by molar-refractivity contribution is 9.10. The van der Waals surface area contributed by atoms with E-state index in [1.807, 2.05) is 6.92 Å². The topological polar surface area (TPSA) is 80.8 Å². The predicted octanol–water partition coefficient (Wildman–Crippen LogP) is 5.11. The van der Waals surface area contributed by atoms with Gasteiger partial charge in [-0.15, -0.1) is 0 Å². The standard InChI is InChI=1S/C27H17BrClNO5/c1-13-12-14(6-11-19(13)29)22-20-21(26(34)30(25(20)33)16-9-7-15(28)8-10-16)27(35-22)23(31)17-4-2-3-5-18(17)24(27)32/h2-12,20-22H,1H3/t20-,21-,22-/m0/s1. The van der Waals surface area contributed by atoms with Crippen molar-refractivity contribution < 1.29 is 23.9 Å². The zero-order valence-electron chi connectivity index (χ0n) is 18.3. The van der Waals surface area contributed by atoms with Gasteiger partial charge in [0.15, 0.2) is 0 Å². The zero-order valence-corrected chi connectivity index (χ0v) is 20.7. The van der Waals surface area contributed by atoms with Crippen LogP contribution in [0.3, 0.4) is 0 Å². The molecule has 35 heavy (non-hydrogen) atoms. The van der Waals surface area contributed by atoms with Crippen LogP contribution in [0.1, 0.15) is 37.9 Å². The highest BCUT2D eigenvalue weighted by Crippen LogP contribution is 2.57. The number of halogens is 2. The minimum atomic E-state index is -2.09. The molecule has 2 heterocycles. The van der Waals surface area contributed by atoms with Crippen LogP contribution in [0.4, 0.5) is 5.69 Å². The average molecular weight is 551 g/mol. The third-order valence-corrected chi connectivity index (χ3v) is 8.07. The number of carbonyl (C=O) groups is 4. The second kappa shape index (κ2) is 7.68. The van der Waals surface area contributed by atoms with Gasteiger partial charge in [0.25, 0.3) is 0 Å². The van der Waals surface area contributed by atoms with Gasteiger partial charge < -0.3 is 4.74 Å². The summed E-state index contributed by atoms with van der Waals surface area (Å²) < 4.78 is 7.07. The van der Waals surface area contributed by atoms with Gasteiger partial charge in [0.05, 0.1) is 23.6 Å². The minimum absolute atomic E-state index is 0.200. The van der Waals surface area contributed by atoms with Crippen LogP contribution in [-0.4, -0.2) is 29.0 Å². The van der Waals surface area contributed by atoms with Gasteiger partial charge in [-0.05, 0) is 48.4 Å². The highest BCUT2D eigenvalue weighted by atomic mass is 79.9. The number of ether oxygens (including phenoxy) is 1. The van der Waals surface area contributed by atoms with Crippen LogP contribution < -0.4 is 4.90 Å². The van der Waals surface area contributed by atoms with Gasteiger partial charge in [0.2, 0.25) is 29.0 Å². The number of carbonyl (C=O) groups excluding carboxylic acids is 4. The van der Waals surface area contributed by atoms with E-state index in [9.17, 15) is 19.2 Å². The molecule has 2 amide bonds. The number of hydrogen-bond acceptors (Lipinski definition) is 5. The lowest BCUT2D eigenvalue weighted by atomic mass is 9.77. The number of imide groups is 1. The summed E-state index contributed by atoms with van der Waals surface area (Å²) >= 11 is 9.57. The van der Waals surface area contributed by atoms with Gasteiger partial charge in [-0.2, -0.15) is 0 Å². The minimum Gasteiger partial charge on any atom is -0.349 e. The van der Waals surface area contributed by atoms with Crippen molar-refractivity contribution >= 4 is 56.6 Å². The Labute approximate surface area is 214 Å². The molecule has 8 heteroatoms. The lowest BCUT2D eigenvalue weighted by molar-refractivity contribution is -0.127. The summed E-state index contributed by atoms with van der Waals surface area (Å²) in [6.45, 7) is 1.81. The van der Waals surface area contributed by atoms with Crippen LogP contribution in [0.5, 0.6) is 0 Å². The molecule has 3 aliphatic rings. The fourth-order valence-electron chi connectivity index (χ4n) is 5.51. The Bertz CT molecular complexity index is 1430. The third kappa shape index (κ3) is 2.92. The van der Waals surface area contributed by atoms with Crippen molar-refractivity contribution in [3.63, 3.8) is 0 Å². The van der Waals surface area contributed by atoms with E-state index in [1.165, 1.54) is 0 Å². The monoisotopic (exact) mass is 549 g/mol. The van der Waals surface area contributed by atoms with E-state index in [2.05, 4.69) is 15.9 Å². The molecule has 2 saturated heterocycles. The maximum Gasteiger partial charge on any atom is 0.241 e. The van der Waals surface area contributed by atoms with Crippen LogP contribution >= 0.6 is 27.5 Å². The van der Waals surface area contributed by atoms with E-state index in [0.29, 0.717) is 16.3 Å². The molecule has 0 bridgehead atoms.